The van der Waals surface area contributed by atoms with Gasteiger partial charge in [-0.25, -0.2) is 14.2 Å². The molecule has 2 heterocycles. The minimum Gasteiger partial charge on any atom is -0.342 e. The number of anilines is 1. The predicted molar refractivity (Wildman–Crippen MR) is 95.2 cm³/mol. The summed E-state index contributed by atoms with van der Waals surface area (Å²) in [7, 11) is -1.43. The normalized spacial score (nSPS) is 12.4. The molecule has 0 fully saturated rings. The van der Waals surface area contributed by atoms with Gasteiger partial charge >= 0.3 is 0 Å². The van der Waals surface area contributed by atoms with Gasteiger partial charge < -0.3 is 9.97 Å². The molecular formula is C16H12ClN5OS. The molecule has 2 aromatic carbocycles. The van der Waals surface area contributed by atoms with Gasteiger partial charge in [-0.05, 0) is 30.3 Å². The van der Waals surface area contributed by atoms with Crippen molar-refractivity contribution >= 4 is 39.3 Å². The zero-order valence-electron chi connectivity index (χ0n) is 12.3. The van der Waals surface area contributed by atoms with Gasteiger partial charge in [-0.1, -0.05) is 23.7 Å². The molecule has 0 saturated carbocycles. The molecule has 0 bridgehead atoms. The summed E-state index contributed by atoms with van der Waals surface area (Å²) in [5.74, 6) is 1.29. The molecule has 0 radical (unpaired) electrons. The van der Waals surface area contributed by atoms with Gasteiger partial charge in [-0.2, -0.15) is 0 Å². The third-order valence-electron chi connectivity index (χ3n) is 3.47. The van der Waals surface area contributed by atoms with Crippen molar-refractivity contribution in [3.05, 3.63) is 59.9 Å². The van der Waals surface area contributed by atoms with E-state index in [1.807, 2.05) is 18.2 Å². The summed E-state index contributed by atoms with van der Waals surface area (Å²) in [4.78, 5) is 15.4. The van der Waals surface area contributed by atoms with Crippen molar-refractivity contribution in [1.29, 1.82) is 0 Å². The smallest absolute Gasteiger partial charge is 0.174 e. The van der Waals surface area contributed by atoms with Crippen LogP contribution in [0.2, 0.25) is 5.02 Å². The van der Waals surface area contributed by atoms with E-state index >= 15 is 0 Å². The number of imidazole rings is 2. The van der Waals surface area contributed by atoms with Gasteiger partial charge in [-0.3, -0.25) is 4.72 Å². The van der Waals surface area contributed by atoms with Crippen LogP contribution in [0.5, 0.6) is 0 Å². The van der Waals surface area contributed by atoms with Crippen LogP contribution in [0.1, 0.15) is 0 Å². The molecule has 0 spiro atoms. The molecule has 1 atom stereocenters. The largest absolute Gasteiger partial charge is 0.342 e. The zero-order chi connectivity index (χ0) is 16.5. The Morgan fingerprint density at radius 1 is 1.12 bits per heavy atom. The number of nitrogens with zero attached hydrogens (tertiary/aromatic N) is 2. The minimum atomic E-state index is -1.43. The van der Waals surface area contributed by atoms with Crippen LogP contribution in [0.15, 0.2) is 59.8 Å². The number of hydrogen-bond donors (Lipinski definition) is 3. The highest BCUT2D eigenvalue weighted by Crippen LogP contribution is 2.24. The molecule has 4 aromatic rings. The van der Waals surface area contributed by atoms with E-state index in [2.05, 4.69) is 24.7 Å². The monoisotopic (exact) mass is 357 g/mol. The number of benzene rings is 2. The van der Waals surface area contributed by atoms with E-state index in [-0.39, 0.29) is 0 Å². The molecule has 4 rings (SSSR count). The molecule has 2 aromatic heterocycles. The maximum atomic E-state index is 12.5. The third-order valence-corrected chi connectivity index (χ3v) is 4.88. The number of H-pyrrole nitrogens is 2. The first-order valence-electron chi connectivity index (χ1n) is 7.13. The van der Waals surface area contributed by atoms with Crippen molar-refractivity contribution in [2.24, 2.45) is 0 Å². The maximum Gasteiger partial charge on any atom is 0.174 e. The average Bonchev–Trinajstić information content (AvgIpc) is 3.25. The van der Waals surface area contributed by atoms with E-state index in [4.69, 9.17) is 11.6 Å². The summed E-state index contributed by atoms with van der Waals surface area (Å²) in [5, 5.41) is 0.522. The summed E-state index contributed by atoms with van der Waals surface area (Å²) < 4.78 is 15.4. The number of para-hydroxylation sites is 1. The first-order chi connectivity index (χ1) is 11.7. The third kappa shape index (κ3) is 2.79. The lowest BCUT2D eigenvalue weighted by Crippen LogP contribution is -2.04. The van der Waals surface area contributed by atoms with E-state index in [9.17, 15) is 4.21 Å². The average molecular weight is 358 g/mol. The Balaban J connectivity index is 1.65. The first kappa shape index (κ1) is 14.9. The second-order valence-corrected chi connectivity index (χ2v) is 6.67. The lowest BCUT2D eigenvalue weighted by atomic mass is 10.3. The Morgan fingerprint density at radius 3 is 2.79 bits per heavy atom. The van der Waals surface area contributed by atoms with E-state index in [1.54, 1.807) is 36.7 Å². The highest BCUT2D eigenvalue weighted by atomic mass is 35.5. The van der Waals surface area contributed by atoms with Gasteiger partial charge in [0.2, 0.25) is 0 Å². The van der Waals surface area contributed by atoms with Crippen LogP contribution in [0.3, 0.4) is 0 Å². The van der Waals surface area contributed by atoms with Crippen LogP contribution < -0.4 is 4.72 Å². The molecule has 3 N–H and O–H groups in total. The molecule has 0 saturated heterocycles. The number of aromatic amines is 2. The van der Waals surface area contributed by atoms with Gasteiger partial charge in [0.1, 0.15) is 11.0 Å². The molecule has 0 aliphatic rings. The molecule has 6 nitrogen and oxygen atoms in total. The fraction of sp³-hybridized carbons (Fsp3) is 0. The Morgan fingerprint density at radius 2 is 2.00 bits per heavy atom. The van der Waals surface area contributed by atoms with Crippen LogP contribution in [0.25, 0.3) is 22.7 Å². The van der Waals surface area contributed by atoms with Gasteiger partial charge in [0, 0.05) is 12.4 Å². The lowest BCUT2D eigenvalue weighted by Gasteiger charge is -2.07. The Hall–Kier alpha value is -2.64. The van der Waals surface area contributed by atoms with Crippen molar-refractivity contribution < 1.29 is 4.21 Å². The highest BCUT2D eigenvalue weighted by Gasteiger charge is 2.11. The molecule has 0 amide bonds. The van der Waals surface area contributed by atoms with Crippen LogP contribution in [-0.4, -0.2) is 24.1 Å². The topological polar surface area (TPSA) is 86.5 Å². The number of halogens is 1. The van der Waals surface area contributed by atoms with Crippen LogP contribution in [-0.2, 0) is 11.0 Å². The van der Waals surface area contributed by atoms with Crippen molar-refractivity contribution in [3.8, 4) is 11.6 Å². The minimum absolute atomic E-state index is 0.522. The van der Waals surface area contributed by atoms with Crippen molar-refractivity contribution in [2.75, 3.05) is 4.72 Å². The van der Waals surface area contributed by atoms with E-state index in [1.165, 1.54) is 0 Å². The maximum absolute atomic E-state index is 12.5. The SMILES string of the molecule is O=S(Nc1ccccc1Cl)c1ccc2nc(-c3ncc[nH]3)[nH]c2c1. The number of nitrogens with one attached hydrogen (secondary N) is 3. The number of aromatic nitrogens is 4. The van der Waals surface area contributed by atoms with Gasteiger partial charge in [-0.15, -0.1) is 0 Å². The summed E-state index contributed by atoms with van der Waals surface area (Å²) >= 11 is 6.09. The van der Waals surface area contributed by atoms with Crippen LogP contribution >= 0.6 is 11.6 Å². The van der Waals surface area contributed by atoms with Gasteiger partial charge in [0.15, 0.2) is 11.6 Å². The van der Waals surface area contributed by atoms with Crippen LogP contribution in [0.4, 0.5) is 5.69 Å². The summed E-state index contributed by atoms with van der Waals surface area (Å²) in [6, 6.07) is 12.6. The van der Waals surface area contributed by atoms with Crippen molar-refractivity contribution in [3.63, 3.8) is 0 Å². The molecule has 24 heavy (non-hydrogen) atoms. The second kappa shape index (κ2) is 6.10. The Labute approximate surface area is 144 Å². The summed E-state index contributed by atoms with van der Waals surface area (Å²) in [6.07, 6.45) is 3.40. The first-order valence-corrected chi connectivity index (χ1v) is 8.66. The van der Waals surface area contributed by atoms with Crippen molar-refractivity contribution in [1.82, 2.24) is 19.9 Å². The van der Waals surface area contributed by atoms with E-state index in [0.29, 0.717) is 27.3 Å². The molecule has 0 aliphatic carbocycles. The Bertz CT molecular complexity index is 1030. The van der Waals surface area contributed by atoms with Gasteiger partial charge in [0.25, 0.3) is 0 Å². The standard InChI is InChI=1S/C16H12ClN5OS/c17-11-3-1-2-4-12(11)22-24(23)10-5-6-13-14(9-10)21-16(20-13)15-18-7-8-19-15/h1-9,22H,(H,18,19)(H,20,21). The predicted octanol–water partition coefficient (Wildman–Crippen LogP) is 3.74. The van der Waals surface area contributed by atoms with Gasteiger partial charge in [0.05, 0.1) is 26.6 Å². The summed E-state index contributed by atoms with van der Waals surface area (Å²) in [5.41, 5.74) is 2.19. The molecule has 120 valence electrons. The fourth-order valence-electron chi connectivity index (χ4n) is 2.31. The molecule has 0 aliphatic heterocycles. The Kier molecular flexibility index (Phi) is 3.79. The molecule has 8 heteroatoms. The zero-order valence-corrected chi connectivity index (χ0v) is 13.9. The lowest BCUT2D eigenvalue weighted by molar-refractivity contribution is 0.686. The fourth-order valence-corrected chi connectivity index (χ4v) is 3.46. The quantitative estimate of drug-likeness (QED) is 0.520. The number of rotatable bonds is 4. The van der Waals surface area contributed by atoms with E-state index < -0.39 is 11.0 Å². The number of fused-ring (bicyclic) bond motifs is 1. The van der Waals surface area contributed by atoms with E-state index in [0.717, 1.165) is 11.0 Å². The van der Waals surface area contributed by atoms with Crippen LogP contribution in [0, 0.1) is 0 Å². The second-order valence-electron chi connectivity index (χ2n) is 5.05. The highest BCUT2D eigenvalue weighted by molar-refractivity contribution is 7.86. The van der Waals surface area contributed by atoms with Crippen molar-refractivity contribution in [2.45, 2.75) is 4.90 Å². The summed E-state index contributed by atoms with van der Waals surface area (Å²) in [6.45, 7) is 0. The molecule has 1 unspecified atom stereocenters. The number of hydrogen-bond acceptors (Lipinski definition) is 3. The molecular weight excluding hydrogens is 346 g/mol.